The number of carbonyl (C=O) groups excluding carboxylic acids is 3. The highest BCUT2D eigenvalue weighted by atomic mass is 16.3. The third-order valence-electron chi connectivity index (χ3n) is 2.47. The highest BCUT2D eigenvalue weighted by Crippen LogP contribution is 2.28. The molecule has 0 saturated heterocycles. The van der Waals surface area contributed by atoms with Gasteiger partial charge in [-0.1, -0.05) is 6.92 Å². The number of hydrogen-bond donors (Lipinski definition) is 1. The Morgan fingerprint density at radius 1 is 1.50 bits per heavy atom. The van der Waals surface area contributed by atoms with E-state index in [0.717, 1.165) is 0 Å². The highest BCUT2D eigenvalue weighted by Gasteiger charge is 2.40. The molecule has 0 aliphatic carbocycles. The third kappa shape index (κ3) is 2.48. The Labute approximate surface area is 83.3 Å². The zero-order valence-corrected chi connectivity index (χ0v) is 8.53. The molecule has 4 nitrogen and oxygen atoms in total. The predicted molar refractivity (Wildman–Crippen MR) is 50.8 cm³/mol. The quantitative estimate of drug-likeness (QED) is 0.480. The Bertz CT molecular complexity index is 222. The molecule has 0 amide bonds. The van der Waals surface area contributed by atoms with Crippen molar-refractivity contribution in [3.05, 3.63) is 0 Å². The lowest BCUT2D eigenvalue weighted by Crippen LogP contribution is -2.42. The van der Waals surface area contributed by atoms with Gasteiger partial charge in [0, 0.05) is 12.8 Å². The first kappa shape index (κ1) is 13.0. The van der Waals surface area contributed by atoms with E-state index < -0.39 is 11.5 Å². The summed E-state index contributed by atoms with van der Waals surface area (Å²) in [5, 5.41) is 9.42. The average Bonchev–Trinajstić information content (AvgIpc) is 2.18. The van der Waals surface area contributed by atoms with Crippen molar-refractivity contribution < 1.29 is 19.5 Å². The first-order valence-corrected chi connectivity index (χ1v) is 4.66. The molecule has 2 unspecified atom stereocenters. The van der Waals surface area contributed by atoms with Crippen LogP contribution in [0.3, 0.4) is 0 Å². The summed E-state index contributed by atoms with van der Waals surface area (Å²) < 4.78 is 0. The summed E-state index contributed by atoms with van der Waals surface area (Å²) in [4.78, 5) is 32.6. The van der Waals surface area contributed by atoms with Crippen molar-refractivity contribution in [1.82, 2.24) is 0 Å². The van der Waals surface area contributed by atoms with Gasteiger partial charge in [-0.15, -0.1) is 0 Å². The van der Waals surface area contributed by atoms with Crippen molar-refractivity contribution in [3.63, 3.8) is 0 Å². The molecule has 0 spiro atoms. The van der Waals surface area contributed by atoms with Crippen LogP contribution >= 0.6 is 0 Å². The van der Waals surface area contributed by atoms with E-state index in [-0.39, 0.29) is 25.0 Å². The number of aliphatic hydroxyl groups excluding tert-OH is 1. The van der Waals surface area contributed by atoms with E-state index in [0.29, 0.717) is 12.6 Å². The van der Waals surface area contributed by atoms with Gasteiger partial charge in [0.25, 0.3) is 0 Å². The number of hydrogen-bond acceptors (Lipinski definition) is 4. The lowest BCUT2D eigenvalue weighted by molar-refractivity contribution is -0.142. The van der Waals surface area contributed by atoms with Crippen LogP contribution in [-0.2, 0) is 14.4 Å². The summed E-state index contributed by atoms with van der Waals surface area (Å²) in [6.07, 6.45) is 0.436. The molecule has 0 aromatic carbocycles. The summed E-state index contributed by atoms with van der Waals surface area (Å²) in [6, 6.07) is 0. The van der Waals surface area contributed by atoms with E-state index in [1.54, 1.807) is 6.92 Å². The molecule has 0 heterocycles. The Morgan fingerprint density at radius 3 is 2.36 bits per heavy atom. The number of carbonyl (C=O) groups is 3. The molecule has 0 aliphatic rings. The fourth-order valence-electron chi connectivity index (χ4n) is 1.43. The van der Waals surface area contributed by atoms with E-state index in [4.69, 9.17) is 0 Å². The van der Waals surface area contributed by atoms with E-state index in [1.807, 2.05) is 0 Å². The average molecular weight is 200 g/mol. The predicted octanol–water partition coefficient (Wildman–Crippen LogP) is 0.511. The van der Waals surface area contributed by atoms with Gasteiger partial charge in [0.05, 0.1) is 6.10 Å². The SMILES string of the molecule is CCC(=O)C(C=O)(CCC=O)C(C)O. The van der Waals surface area contributed by atoms with Crippen LogP contribution in [0.1, 0.15) is 33.1 Å². The van der Waals surface area contributed by atoms with Gasteiger partial charge in [-0.05, 0) is 13.3 Å². The number of Topliss-reactive ketones (excluding diaryl/α,β-unsaturated/α-hetero) is 1. The molecule has 80 valence electrons. The van der Waals surface area contributed by atoms with E-state index in [2.05, 4.69) is 0 Å². The van der Waals surface area contributed by atoms with Crippen molar-refractivity contribution in [2.24, 2.45) is 5.41 Å². The summed E-state index contributed by atoms with van der Waals surface area (Å²) >= 11 is 0. The molecular formula is C10H16O4. The van der Waals surface area contributed by atoms with Crippen LogP contribution < -0.4 is 0 Å². The zero-order valence-electron chi connectivity index (χ0n) is 8.53. The second-order valence-corrected chi connectivity index (χ2v) is 3.32. The summed E-state index contributed by atoms with van der Waals surface area (Å²) in [5.41, 5.74) is -1.39. The molecule has 1 N–H and O–H groups in total. The molecule has 0 rings (SSSR count). The topological polar surface area (TPSA) is 71.4 Å². The highest BCUT2D eigenvalue weighted by molar-refractivity contribution is 5.98. The number of ketones is 1. The second-order valence-electron chi connectivity index (χ2n) is 3.32. The van der Waals surface area contributed by atoms with Gasteiger partial charge < -0.3 is 14.7 Å². The minimum Gasteiger partial charge on any atom is -0.392 e. The van der Waals surface area contributed by atoms with Crippen molar-refractivity contribution >= 4 is 18.4 Å². The Morgan fingerprint density at radius 2 is 2.07 bits per heavy atom. The van der Waals surface area contributed by atoms with Crippen molar-refractivity contribution in [1.29, 1.82) is 0 Å². The number of aliphatic hydroxyl groups is 1. The number of aldehydes is 2. The Balaban J connectivity index is 4.86. The first-order chi connectivity index (χ1) is 6.55. The normalized spacial score (nSPS) is 16.8. The third-order valence-corrected chi connectivity index (χ3v) is 2.47. The van der Waals surface area contributed by atoms with Crippen LogP contribution in [-0.4, -0.2) is 29.6 Å². The van der Waals surface area contributed by atoms with Gasteiger partial charge in [0.15, 0.2) is 0 Å². The van der Waals surface area contributed by atoms with Gasteiger partial charge in [-0.25, -0.2) is 0 Å². The monoisotopic (exact) mass is 200 g/mol. The van der Waals surface area contributed by atoms with Crippen LogP contribution in [0.15, 0.2) is 0 Å². The van der Waals surface area contributed by atoms with Gasteiger partial charge in [0.2, 0.25) is 0 Å². The molecule has 0 aromatic heterocycles. The fourth-order valence-corrected chi connectivity index (χ4v) is 1.43. The molecule has 4 heteroatoms. The maximum absolute atomic E-state index is 11.5. The molecule has 0 aliphatic heterocycles. The van der Waals surface area contributed by atoms with Crippen LogP contribution in [0.5, 0.6) is 0 Å². The second kappa shape index (κ2) is 5.65. The summed E-state index contributed by atoms with van der Waals surface area (Å²) in [5.74, 6) is -0.315. The van der Waals surface area contributed by atoms with Crippen LogP contribution in [0.25, 0.3) is 0 Å². The molecule has 2 atom stereocenters. The lowest BCUT2D eigenvalue weighted by Gasteiger charge is -2.28. The van der Waals surface area contributed by atoms with Crippen molar-refractivity contribution in [3.8, 4) is 0 Å². The summed E-state index contributed by atoms with van der Waals surface area (Å²) in [7, 11) is 0. The Hall–Kier alpha value is -1.03. The fraction of sp³-hybridized carbons (Fsp3) is 0.700. The maximum atomic E-state index is 11.5. The van der Waals surface area contributed by atoms with E-state index in [9.17, 15) is 19.5 Å². The molecule has 0 bridgehead atoms. The molecule has 0 aromatic rings. The van der Waals surface area contributed by atoms with Gasteiger partial charge >= 0.3 is 0 Å². The molecule has 0 fully saturated rings. The largest absolute Gasteiger partial charge is 0.392 e. The van der Waals surface area contributed by atoms with E-state index >= 15 is 0 Å². The van der Waals surface area contributed by atoms with Gasteiger partial charge in [0.1, 0.15) is 23.8 Å². The molecule has 14 heavy (non-hydrogen) atoms. The minimum absolute atomic E-state index is 0.0876. The van der Waals surface area contributed by atoms with Crippen LogP contribution in [0, 0.1) is 5.41 Å². The molecule has 0 saturated carbocycles. The van der Waals surface area contributed by atoms with Crippen LogP contribution in [0.4, 0.5) is 0 Å². The summed E-state index contributed by atoms with van der Waals surface area (Å²) in [6.45, 7) is 3.02. The van der Waals surface area contributed by atoms with Gasteiger partial charge in [-0.2, -0.15) is 0 Å². The van der Waals surface area contributed by atoms with Gasteiger partial charge in [-0.3, -0.25) is 4.79 Å². The van der Waals surface area contributed by atoms with Crippen LogP contribution in [0.2, 0.25) is 0 Å². The smallest absolute Gasteiger partial charge is 0.148 e. The standard InChI is InChI=1S/C10H16O4/c1-3-9(14)10(7-12,8(2)13)5-4-6-11/h6-8,13H,3-5H2,1-2H3. The molecular weight excluding hydrogens is 184 g/mol. The Kier molecular flexibility index (Phi) is 5.23. The van der Waals surface area contributed by atoms with Crippen molar-refractivity contribution in [2.75, 3.05) is 0 Å². The number of rotatable bonds is 7. The first-order valence-electron chi connectivity index (χ1n) is 4.66. The van der Waals surface area contributed by atoms with Crippen molar-refractivity contribution in [2.45, 2.75) is 39.2 Å². The minimum atomic E-state index is -1.39. The zero-order chi connectivity index (χ0) is 11.2. The molecule has 0 radical (unpaired) electrons. The maximum Gasteiger partial charge on any atom is 0.148 e. The van der Waals surface area contributed by atoms with E-state index in [1.165, 1.54) is 6.92 Å². The lowest BCUT2D eigenvalue weighted by atomic mass is 9.75.